The Morgan fingerprint density at radius 1 is 1.50 bits per heavy atom. The molecule has 0 bridgehead atoms. The van der Waals surface area contributed by atoms with Gasteiger partial charge in [0, 0.05) is 32.0 Å². The van der Waals surface area contributed by atoms with Crippen LogP contribution in [0.1, 0.15) is 27.2 Å². The maximum absolute atomic E-state index is 5.58. The van der Waals surface area contributed by atoms with Gasteiger partial charge in [0.15, 0.2) is 0 Å². The zero-order valence-corrected chi connectivity index (χ0v) is 10.7. The van der Waals surface area contributed by atoms with Crippen LogP contribution in [0.15, 0.2) is 12.4 Å². The van der Waals surface area contributed by atoms with E-state index in [4.69, 9.17) is 5.73 Å². The number of nitrogens with two attached hydrogens (primary N) is 1. The van der Waals surface area contributed by atoms with Crippen molar-refractivity contribution >= 4 is 5.95 Å². The minimum absolute atomic E-state index is 0.639. The molecule has 0 fully saturated rings. The molecule has 0 spiro atoms. The summed E-state index contributed by atoms with van der Waals surface area (Å²) in [6.07, 6.45) is 4.92. The standard InChI is InChI=1S/C12H24N4/c1-4-15-9-7-14-12(15)16(8-5-6-13)10-11(2)3/h7,9,11H,4-6,8,10,13H2,1-3H3. The summed E-state index contributed by atoms with van der Waals surface area (Å²) in [7, 11) is 0. The van der Waals surface area contributed by atoms with E-state index in [9.17, 15) is 0 Å². The molecule has 1 rings (SSSR count). The number of hydrogen-bond donors (Lipinski definition) is 1. The van der Waals surface area contributed by atoms with E-state index in [-0.39, 0.29) is 0 Å². The van der Waals surface area contributed by atoms with Crippen molar-refractivity contribution in [2.45, 2.75) is 33.7 Å². The van der Waals surface area contributed by atoms with Crippen molar-refractivity contribution in [2.24, 2.45) is 11.7 Å². The van der Waals surface area contributed by atoms with Crippen LogP contribution >= 0.6 is 0 Å². The molecule has 1 aromatic heterocycles. The molecule has 0 unspecified atom stereocenters. The van der Waals surface area contributed by atoms with Crippen molar-refractivity contribution in [3.8, 4) is 0 Å². The Labute approximate surface area is 98.5 Å². The fraction of sp³-hybridized carbons (Fsp3) is 0.750. The summed E-state index contributed by atoms with van der Waals surface area (Å²) in [5.74, 6) is 1.71. The number of rotatable bonds is 7. The summed E-state index contributed by atoms with van der Waals surface area (Å²) in [4.78, 5) is 6.78. The Bertz CT molecular complexity index is 293. The van der Waals surface area contributed by atoms with Crippen molar-refractivity contribution in [1.82, 2.24) is 9.55 Å². The summed E-state index contributed by atoms with van der Waals surface area (Å²) in [6, 6.07) is 0. The highest BCUT2D eigenvalue weighted by Crippen LogP contribution is 2.13. The van der Waals surface area contributed by atoms with E-state index in [1.807, 2.05) is 12.4 Å². The first-order chi connectivity index (χ1) is 7.69. The minimum atomic E-state index is 0.639. The van der Waals surface area contributed by atoms with Crippen LogP contribution in [-0.2, 0) is 6.54 Å². The van der Waals surface area contributed by atoms with Crippen LogP contribution in [0.5, 0.6) is 0 Å². The van der Waals surface area contributed by atoms with Crippen LogP contribution in [0.2, 0.25) is 0 Å². The van der Waals surface area contributed by atoms with E-state index in [0.717, 1.165) is 38.5 Å². The topological polar surface area (TPSA) is 47.1 Å². The monoisotopic (exact) mass is 224 g/mol. The molecule has 92 valence electrons. The summed E-state index contributed by atoms with van der Waals surface area (Å²) in [6.45, 7) is 10.3. The van der Waals surface area contributed by atoms with Crippen LogP contribution in [0, 0.1) is 5.92 Å². The normalized spacial score (nSPS) is 11.1. The highest BCUT2D eigenvalue weighted by Gasteiger charge is 2.12. The summed E-state index contributed by atoms with van der Waals surface area (Å²) < 4.78 is 2.18. The highest BCUT2D eigenvalue weighted by atomic mass is 15.3. The Hall–Kier alpha value is -1.03. The molecule has 0 aromatic carbocycles. The first-order valence-corrected chi connectivity index (χ1v) is 6.15. The molecule has 4 nitrogen and oxygen atoms in total. The molecule has 0 saturated carbocycles. The van der Waals surface area contributed by atoms with Gasteiger partial charge in [-0.3, -0.25) is 0 Å². The minimum Gasteiger partial charge on any atom is -0.342 e. The molecule has 1 aromatic rings. The molecule has 0 aliphatic carbocycles. The average Bonchev–Trinajstić information content (AvgIpc) is 2.71. The molecule has 16 heavy (non-hydrogen) atoms. The van der Waals surface area contributed by atoms with Crippen LogP contribution in [0.3, 0.4) is 0 Å². The van der Waals surface area contributed by atoms with Gasteiger partial charge in [-0.2, -0.15) is 0 Å². The second-order valence-corrected chi connectivity index (χ2v) is 4.50. The van der Waals surface area contributed by atoms with Gasteiger partial charge in [-0.25, -0.2) is 4.98 Å². The average molecular weight is 224 g/mol. The predicted octanol–water partition coefficient (Wildman–Crippen LogP) is 1.71. The summed E-state index contributed by atoms with van der Waals surface area (Å²) in [5.41, 5.74) is 5.58. The second-order valence-electron chi connectivity index (χ2n) is 4.50. The SMILES string of the molecule is CCn1ccnc1N(CCCN)CC(C)C. The van der Waals surface area contributed by atoms with Gasteiger partial charge in [-0.05, 0) is 25.8 Å². The molecule has 0 atom stereocenters. The van der Waals surface area contributed by atoms with Gasteiger partial charge < -0.3 is 15.2 Å². The van der Waals surface area contributed by atoms with Gasteiger partial charge in [0.05, 0.1) is 0 Å². The number of aryl methyl sites for hydroxylation is 1. The highest BCUT2D eigenvalue weighted by molar-refractivity contribution is 5.31. The van der Waals surface area contributed by atoms with Crippen molar-refractivity contribution in [3.05, 3.63) is 12.4 Å². The van der Waals surface area contributed by atoms with Gasteiger partial charge in [-0.1, -0.05) is 13.8 Å². The molecule has 0 radical (unpaired) electrons. The van der Waals surface area contributed by atoms with E-state index in [1.54, 1.807) is 0 Å². The number of nitrogens with zero attached hydrogens (tertiary/aromatic N) is 3. The maximum Gasteiger partial charge on any atom is 0.205 e. The zero-order chi connectivity index (χ0) is 12.0. The molecular formula is C12H24N4. The number of anilines is 1. The van der Waals surface area contributed by atoms with E-state index in [1.165, 1.54) is 0 Å². The number of imidazole rings is 1. The molecule has 0 amide bonds. The fourth-order valence-electron chi connectivity index (χ4n) is 1.83. The number of hydrogen-bond acceptors (Lipinski definition) is 3. The predicted molar refractivity (Wildman–Crippen MR) is 68.6 cm³/mol. The van der Waals surface area contributed by atoms with Crippen LogP contribution in [-0.4, -0.2) is 29.2 Å². The maximum atomic E-state index is 5.58. The lowest BCUT2D eigenvalue weighted by Gasteiger charge is -2.25. The molecule has 1 heterocycles. The van der Waals surface area contributed by atoms with Crippen molar-refractivity contribution in [2.75, 3.05) is 24.5 Å². The van der Waals surface area contributed by atoms with Crippen molar-refractivity contribution in [3.63, 3.8) is 0 Å². The van der Waals surface area contributed by atoms with E-state index < -0.39 is 0 Å². The van der Waals surface area contributed by atoms with Gasteiger partial charge >= 0.3 is 0 Å². The van der Waals surface area contributed by atoms with E-state index in [0.29, 0.717) is 5.92 Å². The molecular weight excluding hydrogens is 200 g/mol. The fourth-order valence-corrected chi connectivity index (χ4v) is 1.83. The van der Waals surface area contributed by atoms with Crippen molar-refractivity contribution in [1.29, 1.82) is 0 Å². The van der Waals surface area contributed by atoms with Gasteiger partial charge in [0.25, 0.3) is 0 Å². The summed E-state index contributed by atoms with van der Waals surface area (Å²) >= 11 is 0. The first-order valence-electron chi connectivity index (χ1n) is 6.15. The van der Waals surface area contributed by atoms with Crippen LogP contribution in [0.25, 0.3) is 0 Å². The third-order valence-corrected chi connectivity index (χ3v) is 2.53. The smallest absolute Gasteiger partial charge is 0.205 e. The molecule has 4 heteroatoms. The molecule has 0 aliphatic rings. The lowest BCUT2D eigenvalue weighted by atomic mass is 10.2. The molecule has 0 saturated heterocycles. The van der Waals surface area contributed by atoms with Gasteiger partial charge in [0.1, 0.15) is 0 Å². The van der Waals surface area contributed by atoms with E-state index in [2.05, 4.69) is 35.2 Å². The van der Waals surface area contributed by atoms with Gasteiger partial charge in [0.2, 0.25) is 5.95 Å². The lowest BCUT2D eigenvalue weighted by Crippen LogP contribution is -2.32. The largest absolute Gasteiger partial charge is 0.342 e. The number of aromatic nitrogens is 2. The second kappa shape index (κ2) is 6.53. The molecule has 0 aliphatic heterocycles. The quantitative estimate of drug-likeness (QED) is 0.767. The Kier molecular flexibility index (Phi) is 5.32. The first kappa shape index (κ1) is 13.0. The third-order valence-electron chi connectivity index (χ3n) is 2.53. The lowest BCUT2D eigenvalue weighted by molar-refractivity contribution is 0.578. The van der Waals surface area contributed by atoms with E-state index >= 15 is 0 Å². The van der Waals surface area contributed by atoms with Crippen LogP contribution in [0.4, 0.5) is 5.95 Å². The third kappa shape index (κ3) is 3.52. The van der Waals surface area contributed by atoms with Crippen LogP contribution < -0.4 is 10.6 Å². The Morgan fingerprint density at radius 2 is 2.25 bits per heavy atom. The summed E-state index contributed by atoms with van der Waals surface area (Å²) in [5, 5.41) is 0. The zero-order valence-electron chi connectivity index (χ0n) is 10.7. The van der Waals surface area contributed by atoms with Gasteiger partial charge in [-0.15, -0.1) is 0 Å². The van der Waals surface area contributed by atoms with Crippen molar-refractivity contribution < 1.29 is 0 Å². The molecule has 2 N–H and O–H groups in total. The Morgan fingerprint density at radius 3 is 2.81 bits per heavy atom. The Balaban J connectivity index is 2.74.